The van der Waals surface area contributed by atoms with Crippen molar-refractivity contribution < 1.29 is 10.0 Å². The second kappa shape index (κ2) is 3.59. The highest BCUT2D eigenvalue weighted by Gasteiger charge is 2.19. The van der Waals surface area contributed by atoms with Gasteiger partial charge in [-0.1, -0.05) is 12.2 Å². The molecule has 0 aromatic rings. The van der Waals surface area contributed by atoms with Gasteiger partial charge in [0, 0.05) is 6.20 Å². The zero-order chi connectivity index (χ0) is 10.8. The maximum atomic E-state index is 11.5. The molecule has 1 heterocycles. The number of hydrogen-bond donors (Lipinski definition) is 2. The minimum atomic E-state index is -0.168. The van der Waals surface area contributed by atoms with Crippen molar-refractivity contribution in [2.24, 2.45) is 5.73 Å². The number of ketones is 1. The Kier molecular flexibility index (Phi) is 2.27. The summed E-state index contributed by atoms with van der Waals surface area (Å²) >= 11 is 0. The van der Waals surface area contributed by atoms with Gasteiger partial charge < -0.3 is 5.73 Å². The molecule has 0 spiro atoms. The lowest BCUT2D eigenvalue weighted by atomic mass is 10.0. The Balaban J connectivity index is 2.52. The first-order valence-corrected chi connectivity index (χ1v) is 4.46. The van der Waals surface area contributed by atoms with E-state index in [4.69, 9.17) is 5.73 Å². The molecule has 1 aliphatic carbocycles. The second-order valence-corrected chi connectivity index (χ2v) is 3.15. The maximum Gasteiger partial charge on any atom is 0.188 e. The van der Waals surface area contributed by atoms with Crippen molar-refractivity contribution in [2.45, 2.75) is 0 Å². The molecule has 0 atom stereocenters. The van der Waals surface area contributed by atoms with Crippen LogP contribution in [0.1, 0.15) is 0 Å². The number of hydrogen-bond acceptors (Lipinski definition) is 4. The lowest BCUT2D eigenvalue weighted by Crippen LogP contribution is -2.23. The first-order valence-electron chi connectivity index (χ1n) is 4.46. The summed E-state index contributed by atoms with van der Waals surface area (Å²) < 4.78 is 0. The highest BCUT2D eigenvalue weighted by atomic mass is 16.5. The summed E-state index contributed by atoms with van der Waals surface area (Å²) in [5.74, 6) is -0.168. The van der Waals surface area contributed by atoms with E-state index in [1.165, 1.54) is 12.3 Å². The van der Waals surface area contributed by atoms with Crippen LogP contribution in [0.25, 0.3) is 0 Å². The van der Waals surface area contributed by atoms with Gasteiger partial charge in [-0.25, -0.2) is 5.06 Å². The fraction of sp³-hybridized carbons (Fsp3) is 0. The Bertz CT molecular complexity index is 453. The fourth-order valence-corrected chi connectivity index (χ4v) is 1.46. The van der Waals surface area contributed by atoms with Crippen LogP contribution in [0.3, 0.4) is 0 Å². The van der Waals surface area contributed by atoms with Gasteiger partial charge in [-0.15, -0.1) is 0 Å². The SMILES string of the molecule is NC1=CC=CN(O)C1=C1C=CC=CC1=O. The van der Waals surface area contributed by atoms with Crippen LogP contribution in [0.4, 0.5) is 0 Å². The molecule has 4 nitrogen and oxygen atoms in total. The van der Waals surface area contributed by atoms with Crippen LogP contribution in [-0.2, 0) is 4.79 Å². The minimum absolute atomic E-state index is 0.168. The molecule has 0 saturated carbocycles. The van der Waals surface area contributed by atoms with Crippen molar-refractivity contribution >= 4 is 5.78 Å². The lowest BCUT2D eigenvalue weighted by molar-refractivity contribution is -0.111. The Hall–Kier alpha value is -2.07. The molecular weight excluding hydrogens is 192 g/mol. The molecule has 3 N–H and O–H groups in total. The number of rotatable bonds is 0. The van der Waals surface area contributed by atoms with Crippen molar-refractivity contribution in [1.29, 1.82) is 0 Å². The predicted molar refractivity (Wildman–Crippen MR) is 55.3 cm³/mol. The van der Waals surface area contributed by atoms with Gasteiger partial charge in [0.1, 0.15) is 5.70 Å². The summed E-state index contributed by atoms with van der Waals surface area (Å²) in [6.07, 6.45) is 11.1. The van der Waals surface area contributed by atoms with E-state index in [-0.39, 0.29) is 5.78 Å². The third-order valence-electron chi connectivity index (χ3n) is 2.15. The monoisotopic (exact) mass is 202 g/mol. The van der Waals surface area contributed by atoms with Gasteiger partial charge in [0.05, 0.1) is 11.3 Å². The topological polar surface area (TPSA) is 66.6 Å². The molecule has 0 aromatic heterocycles. The standard InChI is InChI=1S/C11H10N2O2/c12-9-5-3-7-13(15)11(9)8-4-1-2-6-10(8)14/h1-7,15H,12H2. The average Bonchev–Trinajstić information content (AvgIpc) is 2.20. The van der Waals surface area contributed by atoms with E-state index in [1.807, 2.05) is 0 Å². The zero-order valence-corrected chi connectivity index (χ0v) is 7.92. The molecule has 0 saturated heterocycles. The second-order valence-electron chi connectivity index (χ2n) is 3.15. The molecule has 0 unspecified atom stereocenters. The quantitative estimate of drug-likeness (QED) is 0.575. The van der Waals surface area contributed by atoms with Crippen LogP contribution < -0.4 is 5.73 Å². The van der Waals surface area contributed by atoms with Crippen LogP contribution in [0.15, 0.2) is 59.6 Å². The van der Waals surface area contributed by atoms with E-state index in [0.717, 1.165) is 5.06 Å². The summed E-state index contributed by atoms with van der Waals surface area (Å²) in [6, 6.07) is 0. The molecule has 76 valence electrons. The van der Waals surface area contributed by atoms with E-state index >= 15 is 0 Å². The van der Waals surface area contributed by atoms with E-state index in [2.05, 4.69) is 0 Å². The van der Waals surface area contributed by atoms with Crippen molar-refractivity contribution in [3.8, 4) is 0 Å². The smallest absolute Gasteiger partial charge is 0.188 e. The molecule has 0 fully saturated rings. The Labute approximate surface area is 86.9 Å². The van der Waals surface area contributed by atoms with Crippen LogP contribution >= 0.6 is 0 Å². The molecule has 2 rings (SSSR count). The molecule has 0 amide bonds. The normalized spacial score (nSPS) is 24.7. The van der Waals surface area contributed by atoms with E-state index < -0.39 is 0 Å². The highest BCUT2D eigenvalue weighted by Crippen LogP contribution is 2.22. The number of nitrogens with two attached hydrogens (primary N) is 1. The Morgan fingerprint density at radius 1 is 1.20 bits per heavy atom. The van der Waals surface area contributed by atoms with Gasteiger partial charge >= 0.3 is 0 Å². The number of carbonyl (C=O) groups excluding carboxylic acids is 1. The zero-order valence-electron chi connectivity index (χ0n) is 7.92. The summed E-state index contributed by atoms with van der Waals surface area (Å²) in [4.78, 5) is 11.5. The average molecular weight is 202 g/mol. The van der Waals surface area contributed by atoms with Gasteiger partial charge in [0.15, 0.2) is 5.78 Å². The van der Waals surface area contributed by atoms with Gasteiger partial charge in [-0.3, -0.25) is 10.0 Å². The van der Waals surface area contributed by atoms with Gasteiger partial charge in [-0.2, -0.15) is 0 Å². The molecule has 0 radical (unpaired) electrons. The van der Waals surface area contributed by atoms with Crippen LogP contribution in [0, 0.1) is 0 Å². The maximum absolute atomic E-state index is 11.5. The summed E-state index contributed by atoms with van der Waals surface area (Å²) in [5.41, 5.74) is 6.78. The number of carbonyl (C=O) groups is 1. The molecule has 0 bridgehead atoms. The molecule has 1 aliphatic heterocycles. The largest absolute Gasteiger partial charge is 0.397 e. The van der Waals surface area contributed by atoms with Gasteiger partial charge in [0.25, 0.3) is 0 Å². The molecule has 0 aromatic carbocycles. The van der Waals surface area contributed by atoms with E-state index in [0.29, 0.717) is 17.0 Å². The summed E-state index contributed by atoms with van der Waals surface area (Å²) in [7, 11) is 0. The predicted octanol–water partition coefficient (Wildman–Crippen LogP) is 0.997. The van der Waals surface area contributed by atoms with Crippen molar-refractivity contribution in [2.75, 3.05) is 0 Å². The number of hydroxylamine groups is 2. The minimum Gasteiger partial charge on any atom is -0.397 e. The highest BCUT2D eigenvalue weighted by molar-refractivity contribution is 6.08. The Morgan fingerprint density at radius 3 is 2.60 bits per heavy atom. The van der Waals surface area contributed by atoms with Crippen LogP contribution in [-0.4, -0.2) is 16.1 Å². The third-order valence-corrected chi connectivity index (χ3v) is 2.15. The molecule has 4 heteroatoms. The van der Waals surface area contributed by atoms with Gasteiger partial charge in [-0.05, 0) is 24.3 Å². The first-order chi connectivity index (χ1) is 7.20. The molecular formula is C11H10N2O2. The lowest BCUT2D eigenvalue weighted by Gasteiger charge is -2.22. The third kappa shape index (κ3) is 1.62. The summed E-state index contributed by atoms with van der Waals surface area (Å²) in [6.45, 7) is 0. The number of allylic oxidation sites excluding steroid dienone is 7. The van der Waals surface area contributed by atoms with Gasteiger partial charge in [0.2, 0.25) is 0 Å². The van der Waals surface area contributed by atoms with E-state index in [1.54, 1.807) is 30.4 Å². The summed E-state index contributed by atoms with van der Waals surface area (Å²) in [5, 5.41) is 10.4. The van der Waals surface area contributed by atoms with Crippen molar-refractivity contribution in [3.63, 3.8) is 0 Å². The number of nitrogens with zero attached hydrogens (tertiary/aromatic N) is 1. The van der Waals surface area contributed by atoms with Crippen molar-refractivity contribution in [1.82, 2.24) is 5.06 Å². The molecule has 2 aliphatic rings. The van der Waals surface area contributed by atoms with E-state index in [9.17, 15) is 10.0 Å². The van der Waals surface area contributed by atoms with Crippen LogP contribution in [0.2, 0.25) is 0 Å². The van der Waals surface area contributed by atoms with Crippen LogP contribution in [0.5, 0.6) is 0 Å². The molecule has 15 heavy (non-hydrogen) atoms. The van der Waals surface area contributed by atoms with Crippen molar-refractivity contribution in [3.05, 3.63) is 59.6 Å². The fourth-order valence-electron chi connectivity index (χ4n) is 1.46. The Morgan fingerprint density at radius 2 is 1.93 bits per heavy atom. The first kappa shape index (κ1) is 9.48.